The van der Waals surface area contributed by atoms with Crippen molar-refractivity contribution in [2.45, 2.75) is 31.8 Å². The van der Waals surface area contributed by atoms with Crippen molar-refractivity contribution < 1.29 is 0 Å². The lowest BCUT2D eigenvalue weighted by molar-refractivity contribution is 0.0764. The van der Waals surface area contributed by atoms with Crippen molar-refractivity contribution in [3.8, 4) is 0 Å². The van der Waals surface area contributed by atoms with Gasteiger partial charge in [-0.05, 0) is 18.9 Å². The Bertz CT molecular complexity index is 701. The van der Waals surface area contributed by atoms with Gasteiger partial charge in [-0.1, -0.05) is 0 Å². The average Bonchev–Trinajstić information content (AvgIpc) is 3.32. The predicted molar refractivity (Wildman–Crippen MR) is 81.3 cm³/mol. The van der Waals surface area contributed by atoms with E-state index >= 15 is 0 Å². The molecule has 2 fully saturated rings. The van der Waals surface area contributed by atoms with Gasteiger partial charge in [-0.15, -0.1) is 0 Å². The van der Waals surface area contributed by atoms with Gasteiger partial charge in [-0.2, -0.15) is 5.10 Å². The highest BCUT2D eigenvalue weighted by atomic mass is 16.1. The van der Waals surface area contributed by atoms with Gasteiger partial charge in [0.2, 0.25) is 0 Å². The SMILES string of the molecule is O=c1cccnn1CC1CN(Cc2cnc(C3CC3)nc2)C1. The Balaban J connectivity index is 1.28. The zero-order valence-electron chi connectivity index (χ0n) is 12.4. The molecule has 22 heavy (non-hydrogen) atoms. The van der Waals surface area contributed by atoms with Crippen molar-refractivity contribution >= 4 is 0 Å². The minimum atomic E-state index is -0.0231. The lowest BCUT2D eigenvalue weighted by Gasteiger charge is -2.39. The number of hydrogen-bond acceptors (Lipinski definition) is 5. The number of hydrogen-bond donors (Lipinski definition) is 0. The average molecular weight is 297 g/mol. The lowest BCUT2D eigenvalue weighted by Crippen LogP contribution is -2.48. The second-order valence-electron chi connectivity index (χ2n) is 6.33. The molecule has 2 aromatic rings. The fourth-order valence-corrected chi connectivity index (χ4v) is 2.95. The summed E-state index contributed by atoms with van der Waals surface area (Å²) in [4.78, 5) is 22.9. The fourth-order valence-electron chi connectivity index (χ4n) is 2.95. The summed E-state index contributed by atoms with van der Waals surface area (Å²) >= 11 is 0. The molecule has 0 aromatic carbocycles. The van der Waals surface area contributed by atoms with E-state index in [0.29, 0.717) is 18.4 Å². The Morgan fingerprint density at radius 3 is 2.64 bits per heavy atom. The molecule has 6 heteroatoms. The van der Waals surface area contributed by atoms with Gasteiger partial charge in [-0.3, -0.25) is 9.69 Å². The van der Waals surface area contributed by atoms with Crippen LogP contribution in [0.25, 0.3) is 0 Å². The topological polar surface area (TPSA) is 63.9 Å². The van der Waals surface area contributed by atoms with Crippen LogP contribution in [0.2, 0.25) is 0 Å². The van der Waals surface area contributed by atoms with E-state index in [1.807, 2.05) is 12.4 Å². The Morgan fingerprint density at radius 2 is 1.95 bits per heavy atom. The minimum absolute atomic E-state index is 0.0231. The monoisotopic (exact) mass is 297 g/mol. The normalized spacial score (nSPS) is 19.1. The van der Waals surface area contributed by atoms with Gasteiger partial charge in [0.05, 0.1) is 6.54 Å². The third-order valence-corrected chi connectivity index (χ3v) is 4.32. The van der Waals surface area contributed by atoms with Crippen LogP contribution in [0.1, 0.15) is 30.1 Å². The van der Waals surface area contributed by atoms with Gasteiger partial charge >= 0.3 is 0 Å². The second kappa shape index (κ2) is 5.61. The maximum atomic E-state index is 11.6. The summed E-state index contributed by atoms with van der Waals surface area (Å²) in [7, 11) is 0. The summed E-state index contributed by atoms with van der Waals surface area (Å²) in [5, 5.41) is 4.11. The maximum Gasteiger partial charge on any atom is 0.266 e. The molecule has 1 aliphatic carbocycles. The van der Waals surface area contributed by atoms with Crippen molar-refractivity contribution in [2.75, 3.05) is 13.1 Å². The van der Waals surface area contributed by atoms with Crippen LogP contribution in [0, 0.1) is 5.92 Å². The molecular formula is C16H19N5O. The van der Waals surface area contributed by atoms with Gasteiger partial charge in [-0.25, -0.2) is 14.6 Å². The van der Waals surface area contributed by atoms with Crippen molar-refractivity contribution in [1.29, 1.82) is 0 Å². The minimum Gasteiger partial charge on any atom is -0.298 e. The van der Waals surface area contributed by atoms with Crippen LogP contribution in [0.15, 0.2) is 35.5 Å². The number of likely N-dealkylation sites (tertiary alicyclic amines) is 1. The van der Waals surface area contributed by atoms with Gasteiger partial charge in [0.1, 0.15) is 5.82 Å². The first-order valence-corrected chi connectivity index (χ1v) is 7.83. The van der Waals surface area contributed by atoms with Crippen molar-refractivity contribution in [1.82, 2.24) is 24.6 Å². The molecular weight excluding hydrogens is 278 g/mol. The number of nitrogens with zero attached hydrogens (tertiary/aromatic N) is 5. The molecule has 2 aliphatic rings. The van der Waals surface area contributed by atoms with E-state index in [9.17, 15) is 4.79 Å². The van der Waals surface area contributed by atoms with E-state index in [-0.39, 0.29) is 5.56 Å². The molecule has 4 rings (SSSR count). The third kappa shape index (κ3) is 2.92. The van der Waals surface area contributed by atoms with Gasteiger partial charge in [0.15, 0.2) is 0 Å². The Morgan fingerprint density at radius 1 is 1.18 bits per heavy atom. The standard InChI is InChI=1S/C16H19N5O/c22-15-2-1-5-19-21(15)11-13-9-20(10-13)8-12-6-17-16(18-7-12)14-3-4-14/h1-2,5-7,13-14H,3-4,8-11H2. The molecule has 2 aromatic heterocycles. The zero-order valence-corrected chi connectivity index (χ0v) is 12.4. The van der Waals surface area contributed by atoms with Crippen LogP contribution in [0.5, 0.6) is 0 Å². The summed E-state index contributed by atoms with van der Waals surface area (Å²) in [6, 6.07) is 3.24. The van der Waals surface area contributed by atoms with Gasteiger partial charge in [0, 0.05) is 61.7 Å². The summed E-state index contributed by atoms with van der Waals surface area (Å²) < 4.78 is 1.55. The Labute approximate surface area is 128 Å². The highest BCUT2D eigenvalue weighted by molar-refractivity contribution is 5.11. The number of aromatic nitrogens is 4. The molecule has 6 nitrogen and oxygen atoms in total. The van der Waals surface area contributed by atoms with E-state index in [1.165, 1.54) is 12.8 Å². The van der Waals surface area contributed by atoms with Crippen molar-refractivity contribution in [3.63, 3.8) is 0 Å². The van der Waals surface area contributed by atoms with Crippen LogP contribution < -0.4 is 5.56 Å². The highest BCUT2D eigenvalue weighted by Gasteiger charge is 2.28. The summed E-state index contributed by atoms with van der Waals surface area (Å²) in [6.07, 6.45) is 8.05. The zero-order chi connectivity index (χ0) is 14.9. The molecule has 114 valence electrons. The molecule has 1 aliphatic heterocycles. The summed E-state index contributed by atoms with van der Waals surface area (Å²) in [5.41, 5.74) is 1.14. The molecule has 1 saturated heterocycles. The smallest absolute Gasteiger partial charge is 0.266 e. The fraction of sp³-hybridized carbons (Fsp3) is 0.500. The molecule has 0 atom stereocenters. The predicted octanol–water partition coefficient (Wildman–Crippen LogP) is 1.04. The van der Waals surface area contributed by atoms with Crippen LogP contribution in [0.4, 0.5) is 0 Å². The van der Waals surface area contributed by atoms with Crippen molar-refractivity contribution in [2.24, 2.45) is 5.92 Å². The molecule has 0 radical (unpaired) electrons. The van der Waals surface area contributed by atoms with E-state index in [4.69, 9.17) is 0 Å². The van der Waals surface area contributed by atoms with E-state index in [0.717, 1.165) is 31.0 Å². The van der Waals surface area contributed by atoms with Crippen LogP contribution in [-0.2, 0) is 13.1 Å². The quantitative estimate of drug-likeness (QED) is 0.825. The van der Waals surface area contributed by atoms with Crippen LogP contribution >= 0.6 is 0 Å². The van der Waals surface area contributed by atoms with E-state index in [1.54, 1.807) is 23.0 Å². The second-order valence-corrected chi connectivity index (χ2v) is 6.33. The van der Waals surface area contributed by atoms with Gasteiger partial charge in [0.25, 0.3) is 5.56 Å². The molecule has 0 amide bonds. The Hall–Kier alpha value is -2.08. The summed E-state index contributed by atoms with van der Waals surface area (Å²) in [5.74, 6) is 2.11. The molecule has 0 spiro atoms. The first kappa shape index (κ1) is 13.6. The van der Waals surface area contributed by atoms with Crippen LogP contribution in [0.3, 0.4) is 0 Å². The van der Waals surface area contributed by atoms with Crippen molar-refractivity contribution in [3.05, 3.63) is 52.5 Å². The third-order valence-electron chi connectivity index (χ3n) is 4.32. The van der Waals surface area contributed by atoms with Gasteiger partial charge < -0.3 is 0 Å². The molecule has 0 N–H and O–H groups in total. The van der Waals surface area contributed by atoms with E-state index in [2.05, 4.69) is 20.0 Å². The van der Waals surface area contributed by atoms with Crippen LogP contribution in [-0.4, -0.2) is 37.7 Å². The maximum absolute atomic E-state index is 11.6. The lowest BCUT2D eigenvalue weighted by atomic mass is 10.00. The Kier molecular flexibility index (Phi) is 3.46. The molecule has 0 unspecified atom stereocenters. The summed E-state index contributed by atoms with van der Waals surface area (Å²) in [6.45, 7) is 3.58. The largest absolute Gasteiger partial charge is 0.298 e. The van der Waals surface area contributed by atoms with E-state index < -0.39 is 0 Å². The molecule has 0 bridgehead atoms. The number of rotatable bonds is 5. The highest BCUT2D eigenvalue weighted by Crippen LogP contribution is 2.37. The molecule has 3 heterocycles. The first-order chi connectivity index (χ1) is 10.8. The first-order valence-electron chi connectivity index (χ1n) is 7.83. The molecule has 1 saturated carbocycles.